The zero-order chi connectivity index (χ0) is 18.2. The average Bonchev–Trinajstić information content (AvgIpc) is 2.59. The molecule has 2 aromatic carbocycles. The van der Waals surface area contributed by atoms with E-state index in [1.807, 2.05) is 38.1 Å². The topological polar surface area (TPSA) is 82.9 Å². The third kappa shape index (κ3) is 5.69. The molecule has 0 heterocycles. The lowest BCUT2D eigenvalue weighted by Crippen LogP contribution is -2.21. The zero-order valence-corrected chi connectivity index (χ0v) is 14.4. The molecule has 2 aromatic rings. The molecule has 0 atom stereocenters. The fourth-order valence-electron chi connectivity index (χ4n) is 2.05. The second kappa shape index (κ2) is 8.54. The number of hydrazone groups is 2. The molecule has 0 aliphatic rings. The van der Waals surface area contributed by atoms with Gasteiger partial charge in [0, 0.05) is 11.1 Å². The minimum Gasteiger partial charge on any atom is -0.267 e. The van der Waals surface area contributed by atoms with Crippen molar-refractivity contribution in [3.8, 4) is 0 Å². The van der Waals surface area contributed by atoms with Gasteiger partial charge in [-0.25, -0.2) is 10.9 Å². The lowest BCUT2D eigenvalue weighted by atomic mass is 10.1. The molecule has 2 N–H and O–H groups in total. The molecule has 6 nitrogen and oxygen atoms in total. The van der Waals surface area contributed by atoms with E-state index in [1.165, 1.54) is 6.21 Å². The summed E-state index contributed by atoms with van der Waals surface area (Å²) in [5.41, 5.74) is 8.36. The van der Waals surface area contributed by atoms with Crippen molar-refractivity contribution in [3.05, 3.63) is 70.8 Å². The van der Waals surface area contributed by atoms with Crippen molar-refractivity contribution in [2.45, 2.75) is 20.8 Å². The highest BCUT2D eigenvalue weighted by Gasteiger charge is 2.04. The van der Waals surface area contributed by atoms with Gasteiger partial charge < -0.3 is 0 Å². The summed E-state index contributed by atoms with van der Waals surface area (Å²) in [4.78, 5) is 23.9. The van der Waals surface area contributed by atoms with Gasteiger partial charge >= 0.3 is 0 Å². The third-order valence-electron chi connectivity index (χ3n) is 3.31. The smallest absolute Gasteiger partial charge is 0.267 e. The largest absolute Gasteiger partial charge is 0.271 e. The van der Waals surface area contributed by atoms with Crippen LogP contribution in [0, 0.1) is 13.8 Å². The number of nitrogens with one attached hydrogen (secondary N) is 2. The summed E-state index contributed by atoms with van der Waals surface area (Å²) in [6.07, 6.45) is 1.37. The fraction of sp³-hybridized carbons (Fsp3) is 0.158. The molecule has 0 saturated heterocycles. The molecule has 2 amide bonds. The van der Waals surface area contributed by atoms with E-state index >= 15 is 0 Å². The third-order valence-corrected chi connectivity index (χ3v) is 3.31. The number of nitrogens with zero attached hydrogens (tertiary/aromatic N) is 2. The summed E-state index contributed by atoms with van der Waals surface area (Å²) in [5, 5.41) is 7.77. The summed E-state index contributed by atoms with van der Waals surface area (Å²) < 4.78 is 0. The van der Waals surface area contributed by atoms with Crippen LogP contribution >= 0.6 is 0 Å². The summed E-state index contributed by atoms with van der Waals surface area (Å²) in [6, 6.07) is 14.4. The van der Waals surface area contributed by atoms with Crippen LogP contribution in [0.25, 0.3) is 0 Å². The first-order valence-electron chi connectivity index (χ1n) is 7.77. The quantitative estimate of drug-likeness (QED) is 0.650. The minimum absolute atomic E-state index is 0.305. The first-order valence-corrected chi connectivity index (χ1v) is 7.77. The second-order valence-corrected chi connectivity index (χ2v) is 5.63. The standard InChI is InChI=1S/C19H20N4O2/c1-13-6-4-8-16(10-13)18(24)22-20-12-15(3)21-23-19(25)17-9-5-7-14(2)11-17/h4-12H,1-3H3,(H,22,24)(H,23,25)/b20-12+,21-15+. The molecule has 2 rings (SSSR count). The van der Waals surface area contributed by atoms with Crippen molar-refractivity contribution in [2.75, 3.05) is 0 Å². The summed E-state index contributed by atoms with van der Waals surface area (Å²) in [7, 11) is 0. The summed E-state index contributed by atoms with van der Waals surface area (Å²) in [5.74, 6) is -0.614. The van der Waals surface area contributed by atoms with Gasteiger partial charge in [-0.15, -0.1) is 0 Å². The van der Waals surface area contributed by atoms with Gasteiger partial charge in [0.1, 0.15) is 0 Å². The predicted octanol–water partition coefficient (Wildman–Crippen LogP) is 2.82. The van der Waals surface area contributed by atoms with E-state index in [0.717, 1.165) is 11.1 Å². The van der Waals surface area contributed by atoms with E-state index in [9.17, 15) is 9.59 Å². The number of carbonyl (C=O) groups excluding carboxylic acids is 2. The number of carbonyl (C=O) groups is 2. The van der Waals surface area contributed by atoms with Gasteiger partial charge in [0.2, 0.25) is 0 Å². The van der Waals surface area contributed by atoms with Crippen molar-refractivity contribution in [1.82, 2.24) is 10.9 Å². The molecule has 0 bridgehead atoms. The molecule has 0 aromatic heterocycles. The molecule has 0 fully saturated rings. The lowest BCUT2D eigenvalue weighted by molar-refractivity contribution is 0.0946. The van der Waals surface area contributed by atoms with Crippen LogP contribution in [0.2, 0.25) is 0 Å². The Labute approximate surface area is 146 Å². The van der Waals surface area contributed by atoms with Crippen LogP contribution in [0.4, 0.5) is 0 Å². The van der Waals surface area contributed by atoms with Crippen molar-refractivity contribution in [1.29, 1.82) is 0 Å². The van der Waals surface area contributed by atoms with Gasteiger partial charge in [-0.2, -0.15) is 10.2 Å². The predicted molar refractivity (Wildman–Crippen MR) is 98.9 cm³/mol. The average molecular weight is 336 g/mol. The van der Waals surface area contributed by atoms with E-state index < -0.39 is 0 Å². The lowest BCUT2D eigenvalue weighted by Gasteiger charge is -2.02. The first kappa shape index (κ1) is 18.1. The Hall–Kier alpha value is -3.28. The Balaban J connectivity index is 1.89. The molecule has 0 saturated carbocycles. The number of hydrogen-bond donors (Lipinski definition) is 2. The highest BCUT2D eigenvalue weighted by molar-refractivity contribution is 6.29. The van der Waals surface area contributed by atoms with Crippen molar-refractivity contribution in [2.24, 2.45) is 10.2 Å². The normalized spacial score (nSPS) is 11.4. The fourth-order valence-corrected chi connectivity index (χ4v) is 2.05. The number of hydrogen-bond acceptors (Lipinski definition) is 4. The molecule has 128 valence electrons. The monoisotopic (exact) mass is 336 g/mol. The van der Waals surface area contributed by atoms with Crippen LogP contribution in [0.5, 0.6) is 0 Å². The van der Waals surface area contributed by atoms with Gasteiger partial charge in [-0.1, -0.05) is 35.4 Å². The Morgan fingerprint density at radius 2 is 1.40 bits per heavy atom. The van der Waals surface area contributed by atoms with Crippen LogP contribution in [0.1, 0.15) is 38.8 Å². The van der Waals surface area contributed by atoms with Crippen LogP contribution < -0.4 is 10.9 Å². The Morgan fingerprint density at radius 1 is 0.880 bits per heavy atom. The van der Waals surface area contributed by atoms with Crippen molar-refractivity contribution in [3.63, 3.8) is 0 Å². The second-order valence-electron chi connectivity index (χ2n) is 5.63. The van der Waals surface area contributed by atoms with Gasteiger partial charge in [-0.05, 0) is 45.0 Å². The van der Waals surface area contributed by atoms with E-state index in [2.05, 4.69) is 21.1 Å². The summed E-state index contributed by atoms with van der Waals surface area (Å²) >= 11 is 0. The Morgan fingerprint density at radius 3 is 1.92 bits per heavy atom. The van der Waals surface area contributed by atoms with E-state index in [-0.39, 0.29) is 11.8 Å². The number of rotatable bonds is 5. The number of benzene rings is 2. The molecule has 0 aliphatic carbocycles. The Bertz CT molecular complexity index is 841. The van der Waals surface area contributed by atoms with Crippen molar-refractivity contribution >= 4 is 23.7 Å². The van der Waals surface area contributed by atoms with Crippen LogP contribution in [0.15, 0.2) is 58.7 Å². The highest BCUT2D eigenvalue weighted by atomic mass is 16.2. The molecule has 6 heteroatoms. The maximum atomic E-state index is 12.0. The molecule has 0 spiro atoms. The Kier molecular flexibility index (Phi) is 6.17. The number of aryl methyl sites for hydroxylation is 2. The molecule has 25 heavy (non-hydrogen) atoms. The van der Waals surface area contributed by atoms with E-state index in [0.29, 0.717) is 16.8 Å². The first-order chi connectivity index (χ1) is 12.0. The highest BCUT2D eigenvalue weighted by Crippen LogP contribution is 2.04. The van der Waals surface area contributed by atoms with E-state index in [4.69, 9.17) is 0 Å². The zero-order valence-electron chi connectivity index (χ0n) is 14.4. The SMILES string of the molecule is CC(/C=N/NC(=O)c1cccc(C)c1)=N\NC(=O)c1cccc(C)c1. The molecule has 0 unspecified atom stereocenters. The maximum Gasteiger partial charge on any atom is 0.271 e. The molecule has 0 aliphatic heterocycles. The van der Waals surface area contributed by atoms with Crippen molar-refractivity contribution < 1.29 is 9.59 Å². The minimum atomic E-state index is -0.309. The molecular weight excluding hydrogens is 316 g/mol. The van der Waals surface area contributed by atoms with Gasteiger partial charge in [-0.3, -0.25) is 9.59 Å². The molecular formula is C19H20N4O2. The number of amides is 2. The van der Waals surface area contributed by atoms with Crippen LogP contribution in [-0.4, -0.2) is 23.7 Å². The van der Waals surface area contributed by atoms with Gasteiger partial charge in [0.05, 0.1) is 11.9 Å². The molecule has 0 radical (unpaired) electrons. The van der Waals surface area contributed by atoms with E-state index in [1.54, 1.807) is 31.2 Å². The maximum absolute atomic E-state index is 12.0. The van der Waals surface area contributed by atoms with Crippen LogP contribution in [-0.2, 0) is 0 Å². The van der Waals surface area contributed by atoms with Crippen LogP contribution in [0.3, 0.4) is 0 Å². The summed E-state index contributed by atoms with van der Waals surface area (Å²) in [6.45, 7) is 5.49. The van der Waals surface area contributed by atoms with Gasteiger partial charge in [0.15, 0.2) is 0 Å². The van der Waals surface area contributed by atoms with Gasteiger partial charge in [0.25, 0.3) is 11.8 Å².